The summed E-state index contributed by atoms with van der Waals surface area (Å²) in [7, 11) is 1.62. The van der Waals surface area contributed by atoms with E-state index in [4.69, 9.17) is 9.47 Å². The summed E-state index contributed by atoms with van der Waals surface area (Å²) in [6.45, 7) is 6.59. The van der Waals surface area contributed by atoms with Crippen molar-refractivity contribution in [2.75, 3.05) is 25.5 Å². The molecule has 0 saturated carbocycles. The molecule has 0 radical (unpaired) electrons. The van der Waals surface area contributed by atoms with Crippen LogP contribution in [0, 0.1) is 0 Å². The van der Waals surface area contributed by atoms with Gasteiger partial charge >= 0.3 is 6.09 Å². The molecule has 0 spiro atoms. The van der Waals surface area contributed by atoms with Gasteiger partial charge in [-0.25, -0.2) is 4.79 Å². The van der Waals surface area contributed by atoms with Crippen LogP contribution in [0.4, 0.5) is 10.5 Å². The van der Waals surface area contributed by atoms with Gasteiger partial charge in [-0.15, -0.1) is 0 Å². The van der Waals surface area contributed by atoms with Gasteiger partial charge in [-0.05, 0) is 54.9 Å². The standard InChI is InChI=1S/C14H21BrN2O3/c1-14(2,3)20-13(18)17-8-7-16-10-5-6-12(19-4)11(15)9-10/h5-6,9,16H,7-8H2,1-4H3,(H,17,18). The predicted octanol–water partition coefficient (Wildman–Crippen LogP) is 3.39. The summed E-state index contributed by atoms with van der Waals surface area (Å²) >= 11 is 3.42. The van der Waals surface area contributed by atoms with E-state index >= 15 is 0 Å². The molecule has 0 aliphatic heterocycles. The Morgan fingerprint density at radius 1 is 1.30 bits per heavy atom. The van der Waals surface area contributed by atoms with E-state index in [0.29, 0.717) is 13.1 Å². The number of carbonyl (C=O) groups is 1. The van der Waals surface area contributed by atoms with Crippen molar-refractivity contribution in [2.45, 2.75) is 26.4 Å². The van der Waals surface area contributed by atoms with Crippen LogP contribution < -0.4 is 15.4 Å². The minimum atomic E-state index is -0.474. The highest BCUT2D eigenvalue weighted by molar-refractivity contribution is 9.10. The Morgan fingerprint density at radius 3 is 2.55 bits per heavy atom. The summed E-state index contributed by atoms with van der Waals surface area (Å²) in [4.78, 5) is 11.4. The SMILES string of the molecule is COc1ccc(NCCNC(=O)OC(C)(C)C)cc1Br. The highest BCUT2D eigenvalue weighted by Gasteiger charge is 2.15. The van der Waals surface area contributed by atoms with Crippen LogP contribution in [0.1, 0.15) is 20.8 Å². The molecule has 6 heteroatoms. The van der Waals surface area contributed by atoms with Crippen molar-refractivity contribution in [3.63, 3.8) is 0 Å². The third-order valence-electron chi connectivity index (χ3n) is 2.27. The summed E-state index contributed by atoms with van der Waals surface area (Å²) in [6.07, 6.45) is -0.407. The monoisotopic (exact) mass is 344 g/mol. The highest BCUT2D eigenvalue weighted by atomic mass is 79.9. The number of rotatable bonds is 5. The molecule has 0 bridgehead atoms. The zero-order chi connectivity index (χ0) is 15.2. The molecule has 0 aliphatic carbocycles. The molecular weight excluding hydrogens is 324 g/mol. The fourth-order valence-corrected chi connectivity index (χ4v) is 2.00. The van der Waals surface area contributed by atoms with Gasteiger partial charge < -0.3 is 20.1 Å². The van der Waals surface area contributed by atoms with E-state index in [0.717, 1.165) is 15.9 Å². The first-order valence-electron chi connectivity index (χ1n) is 6.36. The van der Waals surface area contributed by atoms with Crippen LogP contribution in [0.15, 0.2) is 22.7 Å². The zero-order valence-electron chi connectivity index (χ0n) is 12.2. The molecule has 1 rings (SSSR count). The van der Waals surface area contributed by atoms with Gasteiger partial charge in [0, 0.05) is 18.8 Å². The molecule has 0 saturated heterocycles. The second-order valence-electron chi connectivity index (χ2n) is 5.20. The molecule has 0 heterocycles. The van der Waals surface area contributed by atoms with Crippen molar-refractivity contribution in [3.8, 4) is 5.75 Å². The molecule has 1 aromatic carbocycles. The number of alkyl carbamates (subject to hydrolysis) is 1. The number of anilines is 1. The largest absolute Gasteiger partial charge is 0.496 e. The summed E-state index contributed by atoms with van der Waals surface area (Å²) in [5.41, 5.74) is 0.474. The highest BCUT2D eigenvalue weighted by Crippen LogP contribution is 2.27. The minimum Gasteiger partial charge on any atom is -0.496 e. The van der Waals surface area contributed by atoms with Gasteiger partial charge in [0.15, 0.2) is 0 Å². The van der Waals surface area contributed by atoms with Crippen LogP contribution in [0.25, 0.3) is 0 Å². The van der Waals surface area contributed by atoms with Gasteiger partial charge in [0.25, 0.3) is 0 Å². The first kappa shape index (κ1) is 16.6. The Labute approximate surface area is 128 Å². The van der Waals surface area contributed by atoms with Crippen molar-refractivity contribution >= 4 is 27.7 Å². The molecule has 112 valence electrons. The van der Waals surface area contributed by atoms with E-state index in [-0.39, 0.29) is 0 Å². The third kappa shape index (κ3) is 6.14. The lowest BCUT2D eigenvalue weighted by atomic mass is 10.2. The van der Waals surface area contributed by atoms with E-state index in [1.807, 2.05) is 39.0 Å². The first-order valence-corrected chi connectivity index (χ1v) is 7.15. The molecule has 0 aliphatic rings. The topological polar surface area (TPSA) is 59.6 Å². The average Bonchev–Trinajstić information content (AvgIpc) is 2.33. The van der Waals surface area contributed by atoms with E-state index in [2.05, 4.69) is 26.6 Å². The maximum Gasteiger partial charge on any atom is 0.407 e. The molecule has 0 aromatic heterocycles. The maximum atomic E-state index is 11.4. The van der Waals surface area contributed by atoms with Gasteiger partial charge in [-0.1, -0.05) is 0 Å². The van der Waals surface area contributed by atoms with Crippen LogP contribution in [-0.2, 0) is 4.74 Å². The van der Waals surface area contributed by atoms with Crippen LogP contribution in [0.2, 0.25) is 0 Å². The van der Waals surface area contributed by atoms with Gasteiger partial charge in [0.1, 0.15) is 11.4 Å². The van der Waals surface area contributed by atoms with Gasteiger partial charge in [0.05, 0.1) is 11.6 Å². The van der Waals surface area contributed by atoms with Crippen molar-refractivity contribution in [2.24, 2.45) is 0 Å². The Morgan fingerprint density at radius 2 is 2.00 bits per heavy atom. The molecule has 2 N–H and O–H groups in total. The number of carbonyl (C=O) groups excluding carboxylic acids is 1. The van der Waals surface area contributed by atoms with Gasteiger partial charge in [0.2, 0.25) is 0 Å². The fraction of sp³-hybridized carbons (Fsp3) is 0.500. The number of ether oxygens (including phenoxy) is 2. The molecule has 1 amide bonds. The first-order chi connectivity index (χ1) is 9.31. The van der Waals surface area contributed by atoms with Crippen molar-refractivity contribution in [3.05, 3.63) is 22.7 Å². The van der Waals surface area contributed by atoms with Crippen molar-refractivity contribution in [1.82, 2.24) is 5.32 Å². The lowest BCUT2D eigenvalue weighted by Gasteiger charge is -2.19. The van der Waals surface area contributed by atoms with Gasteiger partial charge in [-0.3, -0.25) is 0 Å². The Hall–Kier alpha value is -1.43. The quantitative estimate of drug-likeness (QED) is 0.803. The summed E-state index contributed by atoms with van der Waals surface area (Å²) < 4.78 is 11.2. The summed E-state index contributed by atoms with van der Waals surface area (Å²) in [5.74, 6) is 0.780. The second-order valence-corrected chi connectivity index (χ2v) is 6.06. The van der Waals surface area contributed by atoms with Crippen LogP contribution in [0.3, 0.4) is 0 Å². The number of hydrogen-bond acceptors (Lipinski definition) is 4. The zero-order valence-corrected chi connectivity index (χ0v) is 13.8. The summed E-state index contributed by atoms with van der Waals surface area (Å²) in [6, 6.07) is 5.71. The molecule has 5 nitrogen and oxygen atoms in total. The Bertz CT molecular complexity index is 458. The molecule has 0 unspecified atom stereocenters. The Balaban J connectivity index is 2.31. The Kier molecular flexibility index (Phi) is 6.13. The summed E-state index contributed by atoms with van der Waals surface area (Å²) in [5, 5.41) is 5.89. The van der Waals surface area contributed by atoms with E-state index in [1.54, 1.807) is 7.11 Å². The lowest BCUT2D eigenvalue weighted by molar-refractivity contribution is 0.0530. The number of methoxy groups -OCH3 is 1. The fourth-order valence-electron chi connectivity index (χ4n) is 1.46. The molecule has 0 atom stereocenters. The van der Waals surface area contributed by atoms with Crippen molar-refractivity contribution < 1.29 is 14.3 Å². The number of amides is 1. The number of nitrogens with one attached hydrogen (secondary N) is 2. The van der Waals surface area contributed by atoms with Crippen LogP contribution in [0.5, 0.6) is 5.75 Å². The molecule has 20 heavy (non-hydrogen) atoms. The molecule has 1 aromatic rings. The van der Waals surface area contributed by atoms with Crippen molar-refractivity contribution in [1.29, 1.82) is 0 Å². The van der Waals surface area contributed by atoms with Crippen LogP contribution in [-0.4, -0.2) is 31.9 Å². The normalized spacial score (nSPS) is 10.8. The molecule has 0 fully saturated rings. The minimum absolute atomic E-state index is 0.407. The molecular formula is C14H21BrN2O3. The smallest absolute Gasteiger partial charge is 0.407 e. The van der Waals surface area contributed by atoms with E-state index in [1.165, 1.54) is 0 Å². The average molecular weight is 345 g/mol. The van der Waals surface area contributed by atoms with E-state index < -0.39 is 11.7 Å². The van der Waals surface area contributed by atoms with Crippen LogP contribution >= 0.6 is 15.9 Å². The third-order valence-corrected chi connectivity index (χ3v) is 2.89. The number of halogens is 1. The number of hydrogen-bond donors (Lipinski definition) is 2. The predicted molar refractivity (Wildman–Crippen MR) is 83.4 cm³/mol. The van der Waals surface area contributed by atoms with E-state index in [9.17, 15) is 4.79 Å². The lowest BCUT2D eigenvalue weighted by Crippen LogP contribution is -2.34. The second kappa shape index (κ2) is 7.38. The maximum absolute atomic E-state index is 11.4. The number of benzene rings is 1. The van der Waals surface area contributed by atoms with Gasteiger partial charge in [-0.2, -0.15) is 0 Å².